The van der Waals surface area contributed by atoms with Gasteiger partial charge >= 0.3 is 0 Å². The maximum atomic E-state index is 12.5. The zero-order chi connectivity index (χ0) is 17.3. The summed E-state index contributed by atoms with van der Waals surface area (Å²) in [5.41, 5.74) is -0.0639. The molecule has 0 spiro atoms. The van der Waals surface area contributed by atoms with Crippen molar-refractivity contribution in [3.05, 3.63) is 23.8 Å². The molecule has 1 aliphatic carbocycles. The zero-order valence-corrected chi connectivity index (χ0v) is 14.8. The van der Waals surface area contributed by atoms with Crippen LogP contribution in [0.15, 0.2) is 23.1 Å². The normalized spacial score (nSPS) is 15.3. The second kappa shape index (κ2) is 6.49. The van der Waals surface area contributed by atoms with Gasteiger partial charge in [0.25, 0.3) is 5.91 Å². The van der Waals surface area contributed by atoms with Crippen molar-refractivity contribution in [1.82, 2.24) is 10.0 Å². The molecule has 0 aromatic heterocycles. The highest BCUT2D eigenvalue weighted by Crippen LogP contribution is 2.28. The molecule has 1 saturated carbocycles. The van der Waals surface area contributed by atoms with E-state index in [0.717, 1.165) is 19.3 Å². The predicted octanol–water partition coefficient (Wildman–Crippen LogP) is 2.05. The van der Waals surface area contributed by atoms with Gasteiger partial charge in [-0.05, 0) is 51.3 Å². The minimum absolute atomic E-state index is 0.00569. The van der Waals surface area contributed by atoms with Gasteiger partial charge in [-0.3, -0.25) is 4.79 Å². The van der Waals surface area contributed by atoms with Gasteiger partial charge in [-0.25, -0.2) is 13.1 Å². The Morgan fingerprint density at radius 3 is 2.52 bits per heavy atom. The van der Waals surface area contributed by atoms with E-state index in [0.29, 0.717) is 5.56 Å². The Hall–Kier alpha value is -1.60. The van der Waals surface area contributed by atoms with E-state index in [4.69, 9.17) is 4.74 Å². The van der Waals surface area contributed by atoms with Gasteiger partial charge in [0.1, 0.15) is 10.6 Å². The summed E-state index contributed by atoms with van der Waals surface area (Å²) < 4.78 is 32.7. The molecule has 2 N–H and O–H groups in total. The number of hydrogen-bond donors (Lipinski definition) is 2. The van der Waals surface area contributed by atoms with Gasteiger partial charge in [0.15, 0.2) is 0 Å². The quantitative estimate of drug-likeness (QED) is 0.796. The van der Waals surface area contributed by atoms with Gasteiger partial charge in [0.2, 0.25) is 10.0 Å². The minimum atomic E-state index is -3.70. The second-order valence-corrected chi connectivity index (χ2v) is 8.14. The average molecular weight is 340 g/mol. The van der Waals surface area contributed by atoms with E-state index in [9.17, 15) is 13.2 Å². The first-order chi connectivity index (χ1) is 10.7. The Bertz CT molecular complexity index is 694. The predicted molar refractivity (Wildman–Crippen MR) is 88.2 cm³/mol. The summed E-state index contributed by atoms with van der Waals surface area (Å²) in [6.45, 7) is 5.81. The van der Waals surface area contributed by atoms with Crippen LogP contribution in [0.25, 0.3) is 0 Å². The number of carbonyl (C=O) groups excluding carboxylic acids is 1. The Balaban J connectivity index is 2.33. The van der Waals surface area contributed by atoms with Crippen molar-refractivity contribution < 1.29 is 17.9 Å². The third kappa shape index (κ3) is 4.45. The largest absolute Gasteiger partial charge is 0.495 e. The lowest BCUT2D eigenvalue weighted by Crippen LogP contribution is -2.42. The summed E-state index contributed by atoms with van der Waals surface area (Å²) >= 11 is 0. The first-order valence-corrected chi connectivity index (χ1v) is 9.20. The molecule has 0 bridgehead atoms. The van der Waals surface area contributed by atoms with Gasteiger partial charge in [0, 0.05) is 17.1 Å². The number of carbonyl (C=O) groups is 1. The van der Waals surface area contributed by atoms with Crippen LogP contribution in [0.4, 0.5) is 0 Å². The molecule has 1 amide bonds. The second-order valence-electron chi connectivity index (χ2n) is 6.45. The van der Waals surface area contributed by atoms with Gasteiger partial charge in [0.05, 0.1) is 7.11 Å². The van der Waals surface area contributed by atoms with Gasteiger partial charge in [-0.2, -0.15) is 0 Å². The van der Waals surface area contributed by atoms with Gasteiger partial charge < -0.3 is 10.1 Å². The Morgan fingerprint density at radius 1 is 1.35 bits per heavy atom. The van der Waals surface area contributed by atoms with Crippen LogP contribution in [0.5, 0.6) is 5.75 Å². The van der Waals surface area contributed by atoms with Crippen molar-refractivity contribution in [2.24, 2.45) is 0 Å². The molecule has 1 aromatic carbocycles. The summed E-state index contributed by atoms with van der Waals surface area (Å²) in [6.07, 6.45) is 2.45. The third-order valence-corrected chi connectivity index (χ3v) is 5.49. The first-order valence-electron chi connectivity index (χ1n) is 7.71. The number of sulfonamides is 1. The molecule has 0 radical (unpaired) electrons. The standard InChI is InChI=1S/C16H24N2O4S/c1-5-16(2,3)17-15(19)11-6-9-13(22-4)14(10-11)23(20,21)18-12-7-8-12/h6,9-10,12,18H,5,7-8H2,1-4H3,(H,17,19). The molecule has 1 fully saturated rings. The summed E-state index contributed by atoms with van der Waals surface area (Å²) in [5, 5.41) is 2.90. The fraction of sp³-hybridized carbons (Fsp3) is 0.562. The number of nitrogens with one attached hydrogen (secondary N) is 2. The fourth-order valence-corrected chi connectivity index (χ4v) is 3.48. The molecule has 1 aromatic rings. The number of ether oxygens (including phenoxy) is 1. The highest BCUT2D eigenvalue weighted by molar-refractivity contribution is 7.89. The lowest BCUT2D eigenvalue weighted by Gasteiger charge is -2.24. The molecule has 1 aliphatic rings. The van der Waals surface area contributed by atoms with Crippen LogP contribution in [-0.4, -0.2) is 33.0 Å². The molecule has 6 nitrogen and oxygen atoms in total. The smallest absolute Gasteiger partial charge is 0.251 e. The summed E-state index contributed by atoms with van der Waals surface area (Å²) in [7, 11) is -2.29. The Kier molecular flexibility index (Phi) is 5.01. The van der Waals surface area contributed by atoms with Gasteiger partial charge in [-0.1, -0.05) is 6.92 Å². The molecular formula is C16H24N2O4S. The summed E-state index contributed by atoms with van der Waals surface area (Å²) in [5.74, 6) is -0.0770. The molecule has 0 unspecified atom stereocenters. The monoisotopic (exact) mass is 340 g/mol. The van der Waals surface area contributed by atoms with Crippen molar-refractivity contribution in [2.45, 2.75) is 56.5 Å². The maximum Gasteiger partial charge on any atom is 0.251 e. The van der Waals surface area contributed by atoms with E-state index in [1.54, 1.807) is 6.07 Å². The average Bonchev–Trinajstić information content (AvgIpc) is 3.29. The van der Waals surface area contributed by atoms with Crippen LogP contribution in [0, 0.1) is 0 Å². The van der Waals surface area contributed by atoms with Crippen LogP contribution in [0.1, 0.15) is 50.4 Å². The van der Waals surface area contributed by atoms with Crippen molar-refractivity contribution in [3.63, 3.8) is 0 Å². The van der Waals surface area contributed by atoms with E-state index in [2.05, 4.69) is 10.0 Å². The number of methoxy groups -OCH3 is 1. The van der Waals surface area contributed by atoms with Crippen molar-refractivity contribution in [2.75, 3.05) is 7.11 Å². The molecule has 0 aliphatic heterocycles. The third-order valence-electron chi connectivity index (χ3n) is 3.95. The zero-order valence-electron chi connectivity index (χ0n) is 14.0. The van der Waals surface area contributed by atoms with E-state index in [-0.39, 0.29) is 28.1 Å². The maximum absolute atomic E-state index is 12.5. The van der Waals surface area contributed by atoms with E-state index < -0.39 is 10.0 Å². The van der Waals surface area contributed by atoms with Crippen molar-refractivity contribution in [3.8, 4) is 5.75 Å². The first kappa shape index (κ1) is 17.7. The van der Waals surface area contributed by atoms with Crippen LogP contribution in [-0.2, 0) is 10.0 Å². The SMILES string of the molecule is CCC(C)(C)NC(=O)c1ccc(OC)c(S(=O)(=O)NC2CC2)c1. The molecule has 0 heterocycles. The van der Waals surface area contributed by atoms with Crippen molar-refractivity contribution in [1.29, 1.82) is 0 Å². The van der Waals surface area contributed by atoms with Crippen LogP contribution >= 0.6 is 0 Å². The minimum Gasteiger partial charge on any atom is -0.495 e. The molecular weight excluding hydrogens is 316 g/mol. The molecule has 23 heavy (non-hydrogen) atoms. The molecule has 2 rings (SSSR count). The molecule has 0 atom stereocenters. The van der Waals surface area contributed by atoms with Crippen LogP contribution in [0.3, 0.4) is 0 Å². The van der Waals surface area contributed by atoms with E-state index in [1.807, 2.05) is 20.8 Å². The highest BCUT2D eigenvalue weighted by Gasteiger charge is 2.30. The summed E-state index contributed by atoms with van der Waals surface area (Å²) in [6, 6.07) is 4.43. The van der Waals surface area contributed by atoms with Crippen LogP contribution in [0.2, 0.25) is 0 Å². The molecule has 128 valence electrons. The van der Waals surface area contributed by atoms with E-state index >= 15 is 0 Å². The number of hydrogen-bond acceptors (Lipinski definition) is 4. The lowest BCUT2D eigenvalue weighted by molar-refractivity contribution is 0.0911. The molecule has 0 saturated heterocycles. The number of rotatable bonds is 7. The number of benzene rings is 1. The van der Waals surface area contributed by atoms with Crippen molar-refractivity contribution >= 4 is 15.9 Å². The molecule has 7 heteroatoms. The summed E-state index contributed by atoms with van der Waals surface area (Å²) in [4.78, 5) is 12.4. The Morgan fingerprint density at radius 2 is 2.00 bits per heavy atom. The van der Waals surface area contributed by atoms with Crippen LogP contribution < -0.4 is 14.8 Å². The highest BCUT2D eigenvalue weighted by atomic mass is 32.2. The van der Waals surface area contributed by atoms with E-state index in [1.165, 1.54) is 19.2 Å². The topological polar surface area (TPSA) is 84.5 Å². The lowest BCUT2D eigenvalue weighted by atomic mass is 10.0. The van der Waals surface area contributed by atoms with Gasteiger partial charge in [-0.15, -0.1) is 0 Å². The number of amides is 1. The fourth-order valence-electron chi connectivity index (χ4n) is 1.98. The Labute approximate surface area is 137 Å².